The zero-order valence-electron chi connectivity index (χ0n) is 9.56. The molecule has 1 aliphatic heterocycles. The molecule has 2 heterocycles. The van der Waals surface area contributed by atoms with Gasteiger partial charge in [0.05, 0.1) is 6.61 Å². The van der Waals surface area contributed by atoms with Gasteiger partial charge in [-0.1, -0.05) is 0 Å². The molecule has 16 heavy (non-hydrogen) atoms. The first kappa shape index (κ1) is 11.1. The van der Waals surface area contributed by atoms with E-state index < -0.39 is 0 Å². The van der Waals surface area contributed by atoms with Gasteiger partial charge in [0, 0.05) is 25.5 Å². The highest BCUT2D eigenvalue weighted by Gasteiger charge is 2.14. The highest BCUT2D eigenvalue weighted by atomic mass is 16.5. The minimum absolute atomic E-state index is 0.476. The normalized spacial score (nSPS) is 16.3. The van der Waals surface area contributed by atoms with Crippen LogP contribution in [0.4, 0.5) is 0 Å². The summed E-state index contributed by atoms with van der Waals surface area (Å²) >= 11 is 0. The Balaban J connectivity index is 1.91. The third kappa shape index (κ3) is 2.82. The highest BCUT2D eigenvalue weighted by Crippen LogP contribution is 2.20. The fourth-order valence-corrected chi connectivity index (χ4v) is 1.71. The lowest BCUT2D eigenvalue weighted by molar-refractivity contribution is 0.139. The van der Waals surface area contributed by atoms with Crippen LogP contribution in [-0.4, -0.2) is 41.3 Å². The molecule has 0 bridgehead atoms. The molecular formula is C11H17N3O2. The fraction of sp³-hybridized carbons (Fsp3) is 0.636. The smallest absolute Gasteiger partial charge is 0.279 e. The van der Waals surface area contributed by atoms with E-state index in [0.717, 1.165) is 13.1 Å². The molecule has 0 amide bonds. The number of hydrogen-bond acceptors (Lipinski definition) is 5. The van der Waals surface area contributed by atoms with E-state index in [4.69, 9.17) is 9.47 Å². The lowest BCUT2D eigenvalue weighted by Gasteiger charge is -2.15. The van der Waals surface area contributed by atoms with Crippen LogP contribution < -0.4 is 9.47 Å². The van der Waals surface area contributed by atoms with Crippen LogP contribution in [0.5, 0.6) is 11.8 Å². The lowest BCUT2D eigenvalue weighted by Crippen LogP contribution is -2.25. The molecular weight excluding hydrogens is 206 g/mol. The van der Waals surface area contributed by atoms with E-state index in [-0.39, 0.29) is 0 Å². The van der Waals surface area contributed by atoms with Gasteiger partial charge in [-0.05, 0) is 19.8 Å². The van der Waals surface area contributed by atoms with Crippen molar-refractivity contribution in [1.29, 1.82) is 0 Å². The van der Waals surface area contributed by atoms with E-state index in [2.05, 4.69) is 14.9 Å². The molecule has 2 rings (SSSR count). The van der Waals surface area contributed by atoms with Gasteiger partial charge in [-0.3, -0.25) is 4.90 Å². The molecule has 88 valence electrons. The summed E-state index contributed by atoms with van der Waals surface area (Å²) in [6.45, 7) is 5.25. The van der Waals surface area contributed by atoms with Gasteiger partial charge in [-0.15, -0.1) is 0 Å². The Morgan fingerprint density at radius 3 is 2.38 bits per heavy atom. The minimum Gasteiger partial charge on any atom is -0.474 e. The van der Waals surface area contributed by atoms with Crippen LogP contribution in [0, 0.1) is 0 Å². The number of nitrogens with zero attached hydrogens (tertiary/aromatic N) is 3. The van der Waals surface area contributed by atoms with Crippen molar-refractivity contribution in [1.82, 2.24) is 14.9 Å². The topological polar surface area (TPSA) is 47.5 Å². The minimum atomic E-state index is 0.476. The van der Waals surface area contributed by atoms with Crippen LogP contribution in [0.3, 0.4) is 0 Å². The predicted octanol–water partition coefficient (Wildman–Crippen LogP) is 1.31. The first-order valence-electron chi connectivity index (χ1n) is 5.69. The van der Waals surface area contributed by atoms with Crippen molar-refractivity contribution in [2.24, 2.45) is 0 Å². The quantitative estimate of drug-likeness (QED) is 0.753. The SMILES string of the molecule is CCOc1nccnc1OCN1CCCC1. The Labute approximate surface area is 95.4 Å². The molecule has 5 nitrogen and oxygen atoms in total. The number of rotatable bonds is 5. The summed E-state index contributed by atoms with van der Waals surface area (Å²) in [6, 6.07) is 0. The molecule has 0 aliphatic carbocycles. The van der Waals surface area contributed by atoms with Crippen LogP contribution in [0.2, 0.25) is 0 Å². The highest BCUT2D eigenvalue weighted by molar-refractivity contribution is 5.23. The predicted molar refractivity (Wildman–Crippen MR) is 59.5 cm³/mol. The summed E-state index contributed by atoms with van der Waals surface area (Å²) in [6.07, 6.45) is 5.72. The Morgan fingerprint density at radius 2 is 1.75 bits per heavy atom. The molecule has 1 aromatic rings. The molecule has 1 saturated heterocycles. The maximum absolute atomic E-state index is 5.60. The molecule has 5 heteroatoms. The number of ether oxygens (including phenoxy) is 2. The second kappa shape index (κ2) is 5.65. The monoisotopic (exact) mass is 223 g/mol. The summed E-state index contributed by atoms with van der Waals surface area (Å²) in [5.41, 5.74) is 0. The van der Waals surface area contributed by atoms with E-state index in [1.165, 1.54) is 12.8 Å². The van der Waals surface area contributed by atoms with Gasteiger partial charge < -0.3 is 9.47 Å². The van der Waals surface area contributed by atoms with E-state index in [9.17, 15) is 0 Å². The Kier molecular flexibility index (Phi) is 3.93. The molecule has 0 atom stereocenters. The Hall–Kier alpha value is -1.36. The van der Waals surface area contributed by atoms with Crippen molar-refractivity contribution in [2.75, 3.05) is 26.4 Å². The summed E-state index contributed by atoms with van der Waals surface area (Å²) < 4.78 is 10.9. The van der Waals surface area contributed by atoms with E-state index in [1.54, 1.807) is 12.4 Å². The van der Waals surface area contributed by atoms with E-state index in [0.29, 0.717) is 25.1 Å². The zero-order chi connectivity index (χ0) is 11.2. The fourth-order valence-electron chi connectivity index (χ4n) is 1.71. The molecule has 0 N–H and O–H groups in total. The van der Waals surface area contributed by atoms with Crippen molar-refractivity contribution < 1.29 is 9.47 Å². The van der Waals surface area contributed by atoms with Crippen LogP contribution >= 0.6 is 0 Å². The van der Waals surface area contributed by atoms with Gasteiger partial charge in [0.1, 0.15) is 6.73 Å². The first-order valence-corrected chi connectivity index (χ1v) is 5.69. The Morgan fingerprint density at radius 1 is 1.12 bits per heavy atom. The summed E-state index contributed by atoms with van der Waals surface area (Å²) in [4.78, 5) is 10.5. The van der Waals surface area contributed by atoms with Crippen molar-refractivity contribution in [3.8, 4) is 11.8 Å². The standard InChI is InChI=1S/C11H17N3O2/c1-2-15-10-11(13-6-5-12-10)16-9-14-7-3-4-8-14/h5-6H,2-4,7-9H2,1H3. The van der Waals surface area contributed by atoms with Crippen LogP contribution in [0.25, 0.3) is 0 Å². The molecule has 1 fully saturated rings. The molecule has 0 unspecified atom stereocenters. The van der Waals surface area contributed by atoms with E-state index >= 15 is 0 Å². The van der Waals surface area contributed by atoms with Gasteiger partial charge >= 0.3 is 0 Å². The number of hydrogen-bond donors (Lipinski definition) is 0. The van der Waals surface area contributed by atoms with Crippen molar-refractivity contribution in [3.63, 3.8) is 0 Å². The van der Waals surface area contributed by atoms with Gasteiger partial charge in [0.2, 0.25) is 0 Å². The number of likely N-dealkylation sites (tertiary alicyclic amines) is 1. The third-order valence-electron chi connectivity index (χ3n) is 2.50. The van der Waals surface area contributed by atoms with Crippen molar-refractivity contribution >= 4 is 0 Å². The maximum atomic E-state index is 5.60. The van der Waals surface area contributed by atoms with E-state index in [1.807, 2.05) is 6.92 Å². The molecule has 1 aromatic heterocycles. The maximum Gasteiger partial charge on any atom is 0.279 e. The average Bonchev–Trinajstić information content (AvgIpc) is 2.81. The summed E-state index contributed by atoms with van der Waals surface area (Å²) in [7, 11) is 0. The summed E-state index contributed by atoms with van der Waals surface area (Å²) in [5, 5.41) is 0. The first-order chi connectivity index (χ1) is 7.90. The largest absolute Gasteiger partial charge is 0.474 e. The van der Waals surface area contributed by atoms with Gasteiger partial charge in [-0.2, -0.15) is 0 Å². The van der Waals surface area contributed by atoms with Crippen LogP contribution in [0.1, 0.15) is 19.8 Å². The van der Waals surface area contributed by atoms with Crippen molar-refractivity contribution in [2.45, 2.75) is 19.8 Å². The second-order valence-corrected chi connectivity index (χ2v) is 3.70. The number of aromatic nitrogens is 2. The lowest BCUT2D eigenvalue weighted by atomic mass is 10.4. The molecule has 0 spiro atoms. The van der Waals surface area contributed by atoms with Gasteiger partial charge in [-0.25, -0.2) is 9.97 Å². The van der Waals surface area contributed by atoms with Gasteiger partial charge in [0.15, 0.2) is 0 Å². The molecule has 0 radical (unpaired) electrons. The zero-order valence-corrected chi connectivity index (χ0v) is 9.56. The van der Waals surface area contributed by atoms with Crippen LogP contribution in [0.15, 0.2) is 12.4 Å². The third-order valence-corrected chi connectivity index (χ3v) is 2.50. The summed E-state index contributed by atoms with van der Waals surface area (Å²) in [5.74, 6) is 0.959. The molecule has 0 saturated carbocycles. The van der Waals surface area contributed by atoms with Gasteiger partial charge in [0.25, 0.3) is 11.8 Å². The Bertz CT molecular complexity index is 327. The van der Waals surface area contributed by atoms with Crippen LogP contribution in [-0.2, 0) is 0 Å². The molecule has 0 aromatic carbocycles. The molecule has 1 aliphatic rings. The average molecular weight is 223 g/mol. The van der Waals surface area contributed by atoms with Crippen molar-refractivity contribution in [3.05, 3.63) is 12.4 Å². The second-order valence-electron chi connectivity index (χ2n) is 3.70.